The zero-order valence-corrected chi connectivity index (χ0v) is 15.9. The van der Waals surface area contributed by atoms with E-state index in [1.54, 1.807) is 7.11 Å². The predicted octanol–water partition coefficient (Wildman–Crippen LogP) is 4.17. The number of aromatic nitrogens is 1. The lowest BCUT2D eigenvalue weighted by atomic mass is 10.1. The number of hydrogen-bond donors (Lipinski definition) is 1. The lowest BCUT2D eigenvalue weighted by Gasteiger charge is -2.34. The van der Waals surface area contributed by atoms with Crippen LogP contribution in [0.25, 0.3) is 10.2 Å². The summed E-state index contributed by atoms with van der Waals surface area (Å²) in [6.45, 7) is 5.07. The third-order valence-electron chi connectivity index (χ3n) is 4.64. The number of benzene rings is 1. The molecule has 0 saturated carbocycles. The van der Waals surface area contributed by atoms with Crippen LogP contribution in [0.4, 0.5) is 5.69 Å². The Hall–Kier alpha value is -2.44. The minimum absolute atomic E-state index is 0.0547. The van der Waals surface area contributed by atoms with Crippen LogP contribution in [0, 0.1) is 6.92 Å². The minimum atomic E-state index is -0.0929. The maximum Gasteiger partial charge on any atom is 0.268 e. The van der Waals surface area contributed by atoms with E-state index in [0.717, 1.165) is 37.6 Å². The molecule has 5 nitrogen and oxygen atoms in total. The van der Waals surface area contributed by atoms with Crippen molar-refractivity contribution in [2.75, 3.05) is 12.4 Å². The number of rotatable bonds is 4. The van der Waals surface area contributed by atoms with Crippen LogP contribution < -0.4 is 5.32 Å². The molecule has 1 aromatic carbocycles. The van der Waals surface area contributed by atoms with Crippen molar-refractivity contribution >= 4 is 33.1 Å². The summed E-state index contributed by atoms with van der Waals surface area (Å²) in [6, 6.07) is 12.1. The molecular formula is C20H21N3O2S. The van der Waals surface area contributed by atoms with Crippen molar-refractivity contribution < 1.29 is 9.53 Å². The average Bonchev–Trinajstić information content (AvgIpc) is 2.98. The Balaban J connectivity index is 1.78. The molecule has 26 heavy (non-hydrogen) atoms. The van der Waals surface area contributed by atoms with E-state index in [2.05, 4.69) is 10.3 Å². The quantitative estimate of drug-likeness (QED) is 0.752. The number of nitrogens with zero attached hydrogens (tertiary/aromatic N) is 2. The van der Waals surface area contributed by atoms with Gasteiger partial charge in [0.2, 0.25) is 0 Å². The molecule has 1 aliphatic heterocycles. The van der Waals surface area contributed by atoms with Gasteiger partial charge in [0.05, 0.1) is 18.5 Å². The van der Waals surface area contributed by atoms with Crippen LogP contribution in [0.3, 0.4) is 0 Å². The molecule has 1 atom stereocenters. The van der Waals surface area contributed by atoms with Gasteiger partial charge in [0.1, 0.15) is 9.71 Å². The molecule has 6 heteroatoms. The van der Waals surface area contributed by atoms with Crippen LogP contribution in [0.15, 0.2) is 36.4 Å². The van der Waals surface area contributed by atoms with Gasteiger partial charge in [-0.15, -0.1) is 11.3 Å². The summed E-state index contributed by atoms with van der Waals surface area (Å²) >= 11 is 1.46. The number of hydrogen-bond acceptors (Lipinski definition) is 5. The molecule has 3 aromatic rings. The monoisotopic (exact) mass is 367 g/mol. The SMILES string of the molecule is COCc1cc(C)nc2sc3c(c12)N[C@H](C)N(Cc1ccccc1)C3=O. The number of pyridine rings is 1. The molecule has 1 N–H and O–H groups in total. The highest BCUT2D eigenvalue weighted by molar-refractivity contribution is 7.21. The van der Waals surface area contributed by atoms with E-state index in [1.165, 1.54) is 11.3 Å². The smallest absolute Gasteiger partial charge is 0.268 e. The highest BCUT2D eigenvalue weighted by atomic mass is 32.1. The van der Waals surface area contributed by atoms with Crippen LogP contribution in [-0.4, -0.2) is 29.1 Å². The van der Waals surface area contributed by atoms with Crippen molar-refractivity contribution in [3.8, 4) is 0 Å². The number of carbonyl (C=O) groups excluding carboxylic acids is 1. The molecule has 0 spiro atoms. The number of nitrogens with one attached hydrogen (secondary N) is 1. The fourth-order valence-electron chi connectivity index (χ4n) is 3.45. The fraction of sp³-hybridized carbons (Fsp3) is 0.300. The number of anilines is 1. The molecule has 0 unspecified atom stereocenters. The largest absolute Gasteiger partial charge is 0.380 e. The lowest BCUT2D eigenvalue weighted by Crippen LogP contribution is -2.45. The second-order valence-corrected chi connectivity index (χ2v) is 7.58. The highest BCUT2D eigenvalue weighted by Crippen LogP contribution is 2.41. The van der Waals surface area contributed by atoms with E-state index in [1.807, 2.05) is 55.1 Å². The number of ether oxygens (including phenoxy) is 1. The van der Waals surface area contributed by atoms with Crippen molar-refractivity contribution in [1.82, 2.24) is 9.88 Å². The second-order valence-electron chi connectivity index (χ2n) is 6.58. The van der Waals surface area contributed by atoms with Crippen molar-refractivity contribution in [2.45, 2.75) is 33.2 Å². The summed E-state index contributed by atoms with van der Waals surface area (Å²) in [7, 11) is 1.68. The Kier molecular flexibility index (Phi) is 4.38. The number of methoxy groups -OCH3 is 1. The van der Waals surface area contributed by atoms with Gasteiger partial charge in [-0.25, -0.2) is 4.98 Å². The van der Waals surface area contributed by atoms with Crippen LogP contribution in [0.1, 0.15) is 33.4 Å². The number of aryl methyl sites for hydroxylation is 1. The number of thiophene rings is 1. The van der Waals surface area contributed by atoms with Crippen molar-refractivity contribution in [2.24, 2.45) is 0 Å². The molecule has 4 rings (SSSR count). The maximum atomic E-state index is 13.2. The number of amides is 1. The summed E-state index contributed by atoms with van der Waals surface area (Å²) in [6.07, 6.45) is -0.0929. The zero-order chi connectivity index (χ0) is 18.3. The van der Waals surface area contributed by atoms with Gasteiger partial charge in [-0.3, -0.25) is 4.79 Å². The molecular weight excluding hydrogens is 346 g/mol. The van der Waals surface area contributed by atoms with E-state index in [-0.39, 0.29) is 12.1 Å². The molecule has 0 radical (unpaired) electrons. The summed E-state index contributed by atoms with van der Waals surface area (Å²) in [4.78, 5) is 21.3. The Morgan fingerprint density at radius 1 is 1.31 bits per heavy atom. The zero-order valence-electron chi connectivity index (χ0n) is 15.1. The Morgan fingerprint density at radius 2 is 2.08 bits per heavy atom. The summed E-state index contributed by atoms with van der Waals surface area (Å²) in [5, 5.41) is 4.53. The van der Waals surface area contributed by atoms with Crippen molar-refractivity contribution in [3.63, 3.8) is 0 Å². The van der Waals surface area contributed by atoms with E-state index >= 15 is 0 Å². The molecule has 1 aliphatic rings. The standard InChI is InChI=1S/C20H21N3O2S/c1-12-9-15(11-25-3)16-17-18(26-19(16)21-12)20(24)23(13(2)22-17)10-14-7-5-4-6-8-14/h4-9,13,22H,10-11H2,1-3H3/t13-/m0/s1. The Bertz CT molecular complexity index is 968. The molecule has 3 heterocycles. The van der Waals surface area contributed by atoms with E-state index in [0.29, 0.717) is 13.2 Å². The topological polar surface area (TPSA) is 54.5 Å². The summed E-state index contributed by atoms with van der Waals surface area (Å²) in [5.41, 5.74) is 4.01. The molecule has 0 bridgehead atoms. The van der Waals surface area contributed by atoms with Gasteiger partial charge in [-0.2, -0.15) is 0 Å². The summed E-state index contributed by atoms with van der Waals surface area (Å²) < 4.78 is 5.36. The fourth-order valence-corrected chi connectivity index (χ4v) is 4.64. The third-order valence-corrected chi connectivity index (χ3v) is 5.71. The first kappa shape index (κ1) is 17.0. The highest BCUT2D eigenvalue weighted by Gasteiger charge is 2.33. The Labute approximate surface area is 156 Å². The first-order chi connectivity index (χ1) is 12.6. The van der Waals surface area contributed by atoms with Gasteiger partial charge in [0.25, 0.3) is 5.91 Å². The average molecular weight is 367 g/mol. The number of carbonyl (C=O) groups is 1. The predicted molar refractivity (Wildman–Crippen MR) is 104 cm³/mol. The molecule has 0 aliphatic carbocycles. The van der Waals surface area contributed by atoms with Gasteiger partial charge in [-0.05, 0) is 31.0 Å². The maximum absolute atomic E-state index is 13.2. The third kappa shape index (κ3) is 2.85. The lowest BCUT2D eigenvalue weighted by molar-refractivity contribution is 0.0689. The normalized spacial score (nSPS) is 16.7. The molecule has 0 fully saturated rings. The summed E-state index contributed by atoms with van der Waals surface area (Å²) in [5.74, 6) is 0.0547. The molecule has 0 saturated heterocycles. The van der Waals surface area contributed by atoms with Gasteiger partial charge < -0.3 is 15.0 Å². The van der Waals surface area contributed by atoms with Crippen LogP contribution in [-0.2, 0) is 17.9 Å². The van der Waals surface area contributed by atoms with Gasteiger partial charge >= 0.3 is 0 Å². The van der Waals surface area contributed by atoms with Crippen LogP contribution in [0.2, 0.25) is 0 Å². The molecule has 1 amide bonds. The van der Waals surface area contributed by atoms with Gasteiger partial charge in [0, 0.05) is 24.7 Å². The molecule has 134 valence electrons. The minimum Gasteiger partial charge on any atom is -0.380 e. The first-order valence-corrected chi connectivity index (χ1v) is 9.43. The van der Waals surface area contributed by atoms with Crippen molar-refractivity contribution in [1.29, 1.82) is 0 Å². The van der Waals surface area contributed by atoms with Crippen LogP contribution >= 0.6 is 11.3 Å². The van der Waals surface area contributed by atoms with Crippen LogP contribution in [0.5, 0.6) is 0 Å². The number of fused-ring (bicyclic) bond motifs is 3. The van der Waals surface area contributed by atoms with E-state index in [9.17, 15) is 4.79 Å². The Morgan fingerprint density at radius 3 is 2.81 bits per heavy atom. The first-order valence-electron chi connectivity index (χ1n) is 8.62. The van der Waals surface area contributed by atoms with Crippen molar-refractivity contribution in [3.05, 3.63) is 58.1 Å². The van der Waals surface area contributed by atoms with E-state index in [4.69, 9.17) is 4.74 Å². The molecule has 2 aromatic heterocycles. The van der Waals surface area contributed by atoms with Gasteiger partial charge in [0.15, 0.2) is 0 Å². The van der Waals surface area contributed by atoms with Gasteiger partial charge in [-0.1, -0.05) is 30.3 Å². The van der Waals surface area contributed by atoms with E-state index < -0.39 is 0 Å². The second kappa shape index (κ2) is 6.70.